The van der Waals surface area contributed by atoms with Gasteiger partial charge >= 0.3 is 0 Å². The molecule has 0 fully saturated rings. The number of ether oxygens (including phenoxy) is 1. The summed E-state index contributed by atoms with van der Waals surface area (Å²) in [5, 5.41) is 0. The molecule has 0 saturated carbocycles. The number of hydrogen-bond donors (Lipinski definition) is 0. The van der Waals surface area contributed by atoms with Crippen molar-refractivity contribution in [3.8, 4) is 5.75 Å². The number of hydrogen-bond acceptors (Lipinski definition) is 4. The number of para-hydroxylation sites is 1. The molecule has 0 aromatic heterocycles. The van der Waals surface area contributed by atoms with Crippen molar-refractivity contribution in [2.45, 2.75) is 18.0 Å². The third-order valence-corrected chi connectivity index (χ3v) is 7.00. The SMILES string of the molecule is COc1cccc(CN2CC(=O)N(Cc3ccccc3F)c3ccccc3S2(=O)=O)c1. The van der Waals surface area contributed by atoms with E-state index in [-0.39, 0.29) is 30.2 Å². The van der Waals surface area contributed by atoms with Gasteiger partial charge in [0.2, 0.25) is 15.9 Å². The minimum atomic E-state index is -3.97. The Hall–Kier alpha value is -3.23. The molecule has 6 nitrogen and oxygen atoms in total. The molecule has 1 heterocycles. The third kappa shape index (κ3) is 4.17. The van der Waals surface area contributed by atoms with Crippen molar-refractivity contribution in [2.24, 2.45) is 0 Å². The molecule has 8 heteroatoms. The molecule has 3 aromatic rings. The van der Waals surface area contributed by atoms with Gasteiger partial charge in [0.15, 0.2) is 0 Å². The second-order valence-corrected chi connectivity index (χ2v) is 9.07. The van der Waals surface area contributed by atoms with E-state index in [1.54, 1.807) is 60.7 Å². The fourth-order valence-electron chi connectivity index (χ4n) is 3.58. The first-order chi connectivity index (χ1) is 14.9. The topological polar surface area (TPSA) is 66.9 Å². The molecule has 160 valence electrons. The number of anilines is 1. The molecule has 0 radical (unpaired) electrons. The van der Waals surface area contributed by atoms with E-state index in [1.165, 1.54) is 24.1 Å². The first-order valence-electron chi connectivity index (χ1n) is 9.66. The summed E-state index contributed by atoms with van der Waals surface area (Å²) in [6.45, 7) is -0.416. The van der Waals surface area contributed by atoms with E-state index in [1.807, 2.05) is 0 Å². The summed E-state index contributed by atoms with van der Waals surface area (Å²) in [5.74, 6) is -0.287. The lowest BCUT2D eigenvalue weighted by atomic mass is 10.1. The maximum absolute atomic E-state index is 14.3. The maximum atomic E-state index is 14.3. The molecule has 3 aromatic carbocycles. The number of halogens is 1. The van der Waals surface area contributed by atoms with E-state index in [2.05, 4.69) is 0 Å². The summed E-state index contributed by atoms with van der Waals surface area (Å²) in [6, 6.07) is 19.5. The van der Waals surface area contributed by atoms with E-state index < -0.39 is 21.7 Å². The lowest BCUT2D eigenvalue weighted by Crippen LogP contribution is -2.38. The molecule has 0 unspecified atom stereocenters. The fourth-order valence-corrected chi connectivity index (χ4v) is 5.15. The number of amides is 1. The highest BCUT2D eigenvalue weighted by Gasteiger charge is 2.36. The Kier molecular flexibility index (Phi) is 5.75. The Morgan fingerprint density at radius 3 is 2.48 bits per heavy atom. The molecule has 0 saturated heterocycles. The zero-order valence-corrected chi connectivity index (χ0v) is 17.7. The highest BCUT2D eigenvalue weighted by Crippen LogP contribution is 2.33. The second-order valence-electron chi connectivity index (χ2n) is 7.16. The first-order valence-corrected chi connectivity index (χ1v) is 11.1. The lowest BCUT2D eigenvalue weighted by molar-refractivity contribution is -0.119. The van der Waals surface area contributed by atoms with Gasteiger partial charge in [0.25, 0.3) is 0 Å². The fraction of sp³-hybridized carbons (Fsp3) is 0.174. The van der Waals surface area contributed by atoms with E-state index in [0.717, 1.165) is 4.31 Å². The predicted molar refractivity (Wildman–Crippen MR) is 115 cm³/mol. The van der Waals surface area contributed by atoms with Gasteiger partial charge in [-0.25, -0.2) is 12.8 Å². The van der Waals surface area contributed by atoms with Crippen LogP contribution in [0.25, 0.3) is 0 Å². The number of methoxy groups -OCH3 is 1. The molecule has 0 N–H and O–H groups in total. The van der Waals surface area contributed by atoms with Crippen LogP contribution in [0.2, 0.25) is 0 Å². The number of fused-ring (bicyclic) bond motifs is 1. The van der Waals surface area contributed by atoms with Crippen LogP contribution in [0.3, 0.4) is 0 Å². The normalized spacial score (nSPS) is 15.9. The van der Waals surface area contributed by atoms with E-state index in [4.69, 9.17) is 4.74 Å². The number of carbonyl (C=O) groups excluding carboxylic acids is 1. The Morgan fingerprint density at radius 1 is 0.968 bits per heavy atom. The largest absolute Gasteiger partial charge is 0.497 e. The minimum absolute atomic E-state index is 0.00709. The van der Waals surface area contributed by atoms with Gasteiger partial charge < -0.3 is 9.64 Å². The molecule has 0 spiro atoms. The van der Waals surface area contributed by atoms with Crippen molar-refractivity contribution in [3.05, 3.63) is 89.7 Å². The van der Waals surface area contributed by atoms with Crippen LogP contribution in [0.15, 0.2) is 77.7 Å². The van der Waals surface area contributed by atoms with Crippen LogP contribution in [0.5, 0.6) is 5.75 Å². The zero-order valence-electron chi connectivity index (χ0n) is 16.9. The van der Waals surface area contributed by atoms with Gasteiger partial charge in [0.1, 0.15) is 16.5 Å². The number of nitrogens with zero attached hydrogens (tertiary/aromatic N) is 2. The summed E-state index contributed by atoms with van der Waals surface area (Å²) in [7, 11) is -2.44. The van der Waals surface area contributed by atoms with Crippen LogP contribution in [0, 0.1) is 5.82 Å². The molecule has 1 aliphatic heterocycles. The smallest absolute Gasteiger partial charge is 0.245 e. The maximum Gasteiger partial charge on any atom is 0.245 e. The monoisotopic (exact) mass is 440 g/mol. The second kappa shape index (κ2) is 8.49. The molecule has 0 bridgehead atoms. The van der Waals surface area contributed by atoms with E-state index in [9.17, 15) is 17.6 Å². The van der Waals surface area contributed by atoms with E-state index >= 15 is 0 Å². The molecule has 0 aliphatic carbocycles. The van der Waals surface area contributed by atoms with Crippen molar-refractivity contribution < 1.29 is 22.3 Å². The van der Waals surface area contributed by atoms with Crippen molar-refractivity contribution >= 4 is 21.6 Å². The van der Waals surface area contributed by atoms with Crippen molar-refractivity contribution in [2.75, 3.05) is 18.6 Å². The number of rotatable bonds is 5. The lowest BCUT2D eigenvalue weighted by Gasteiger charge is -2.22. The van der Waals surface area contributed by atoms with Gasteiger partial charge in [-0.1, -0.05) is 42.5 Å². The van der Waals surface area contributed by atoms with Crippen LogP contribution in [0.1, 0.15) is 11.1 Å². The van der Waals surface area contributed by atoms with Gasteiger partial charge in [-0.2, -0.15) is 4.31 Å². The standard InChI is InChI=1S/C23H21FN2O4S/c1-30-19-9-6-7-17(13-19)14-25-16-23(27)26(15-18-8-2-3-10-20(18)24)21-11-4-5-12-22(21)31(25,28)29/h2-13H,14-16H2,1H3. The Bertz CT molecular complexity index is 1230. The quantitative estimate of drug-likeness (QED) is 0.608. The number of carbonyl (C=O) groups is 1. The average Bonchev–Trinajstić information content (AvgIpc) is 2.84. The number of sulfonamides is 1. The summed E-state index contributed by atoms with van der Waals surface area (Å²) in [6.07, 6.45) is 0. The highest BCUT2D eigenvalue weighted by molar-refractivity contribution is 7.89. The minimum Gasteiger partial charge on any atom is -0.497 e. The molecule has 1 amide bonds. The van der Waals surface area contributed by atoms with Crippen LogP contribution in [-0.2, 0) is 27.9 Å². The van der Waals surface area contributed by atoms with E-state index in [0.29, 0.717) is 16.9 Å². The number of benzene rings is 3. The van der Waals surface area contributed by atoms with Crippen LogP contribution in [-0.4, -0.2) is 32.3 Å². The zero-order chi connectivity index (χ0) is 22.0. The van der Waals surface area contributed by atoms with Gasteiger partial charge in [0.05, 0.1) is 25.9 Å². The van der Waals surface area contributed by atoms with Crippen molar-refractivity contribution in [1.29, 1.82) is 0 Å². The molecular formula is C23H21FN2O4S. The van der Waals surface area contributed by atoms with Crippen molar-refractivity contribution in [3.63, 3.8) is 0 Å². The summed E-state index contributed by atoms with van der Waals surface area (Å²) in [4.78, 5) is 14.5. The average molecular weight is 440 g/mol. The molecular weight excluding hydrogens is 419 g/mol. The first kappa shape index (κ1) is 21.0. The molecule has 31 heavy (non-hydrogen) atoms. The summed E-state index contributed by atoms with van der Waals surface area (Å²) in [5.41, 5.74) is 1.24. The van der Waals surface area contributed by atoms with Gasteiger partial charge in [-0.05, 0) is 35.9 Å². The van der Waals surface area contributed by atoms with Crippen LogP contribution < -0.4 is 9.64 Å². The summed E-state index contributed by atoms with van der Waals surface area (Å²) >= 11 is 0. The Labute approximate surface area is 180 Å². The Balaban J connectivity index is 1.75. The summed E-state index contributed by atoms with van der Waals surface area (Å²) < 4.78 is 47.5. The molecule has 1 aliphatic rings. The molecule has 4 rings (SSSR count). The molecule has 0 atom stereocenters. The van der Waals surface area contributed by atoms with Crippen molar-refractivity contribution in [1.82, 2.24) is 4.31 Å². The Morgan fingerprint density at radius 2 is 1.71 bits per heavy atom. The van der Waals surface area contributed by atoms with Gasteiger partial charge in [-0.15, -0.1) is 0 Å². The van der Waals surface area contributed by atoms with Crippen LogP contribution >= 0.6 is 0 Å². The highest BCUT2D eigenvalue weighted by atomic mass is 32.2. The van der Waals surface area contributed by atoms with Gasteiger partial charge in [-0.3, -0.25) is 4.79 Å². The van der Waals surface area contributed by atoms with Gasteiger partial charge in [0, 0.05) is 12.1 Å². The third-order valence-electron chi connectivity index (χ3n) is 5.17. The predicted octanol–water partition coefficient (Wildman–Crippen LogP) is 3.57. The van der Waals surface area contributed by atoms with Crippen LogP contribution in [0.4, 0.5) is 10.1 Å².